The number of nitrogens with zero attached hydrogens (tertiary/aromatic N) is 5. The van der Waals surface area contributed by atoms with Crippen molar-refractivity contribution in [2.45, 2.75) is 6.54 Å². The normalized spacial score (nSPS) is 15.0. The van der Waals surface area contributed by atoms with Crippen LogP contribution in [0.15, 0.2) is 48.8 Å². The minimum Gasteiger partial charge on any atom is -0.465 e. The van der Waals surface area contributed by atoms with Gasteiger partial charge in [0.05, 0.1) is 17.6 Å². The number of rotatable bonds is 7. The van der Waals surface area contributed by atoms with Gasteiger partial charge in [0.2, 0.25) is 12.6 Å². The summed E-state index contributed by atoms with van der Waals surface area (Å²) in [5.74, 6) is 1.34. The summed E-state index contributed by atoms with van der Waals surface area (Å²) < 4.78 is 21.2. The smallest absolute Gasteiger partial charge is 0.373 e. The standard InChI is InChI=1S/C24H23N5O7/c1-33-24(30)17-3-5-18(6-4-17)36-23-21(29(31)32)22(25-14-26-23)28-10-8-27(9-11-28)13-16-2-7-19-20(12-16)35-15-34-19/h2-7,12,14H,8-11,13,15H2,1H3. The Morgan fingerprint density at radius 1 is 1.06 bits per heavy atom. The molecule has 1 saturated heterocycles. The van der Waals surface area contributed by atoms with E-state index < -0.39 is 10.9 Å². The Hall–Kier alpha value is -4.45. The molecule has 0 atom stereocenters. The van der Waals surface area contributed by atoms with Gasteiger partial charge in [0, 0.05) is 32.7 Å². The largest absolute Gasteiger partial charge is 0.465 e. The number of nitro groups is 1. The molecule has 36 heavy (non-hydrogen) atoms. The third-order valence-corrected chi connectivity index (χ3v) is 5.96. The Morgan fingerprint density at radius 3 is 2.53 bits per heavy atom. The van der Waals surface area contributed by atoms with Crippen LogP contribution in [-0.2, 0) is 11.3 Å². The lowest BCUT2D eigenvalue weighted by Crippen LogP contribution is -2.46. The summed E-state index contributed by atoms with van der Waals surface area (Å²) in [5.41, 5.74) is 1.13. The van der Waals surface area contributed by atoms with Crippen LogP contribution in [0.2, 0.25) is 0 Å². The zero-order valence-electron chi connectivity index (χ0n) is 19.5. The number of piperazine rings is 1. The number of fused-ring (bicyclic) bond motifs is 1. The molecule has 0 bridgehead atoms. The van der Waals surface area contributed by atoms with E-state index >= 15 is 0 Å². The van der Waals surface area contributed by atoms with Crippen LogP contribution in [0.25, 0.3) is 0 Å². The Kier molecular flexibility index (Phi) is 6.50. The van der Waals surface area contributed by atoms with Gasteiger partial charge in [-0.05, 0) is 42.0 Å². The highest BCUT2D eigenvalue weighted by molar-refractivity contribution is 5.89. The van der Waals surface area contributed by atoms with Crippen LogP contribution in [0.1, 0.15) is 15.9 Å². The highest BCUT2D eigenvalue weighted by Crippen LogP contribution is 2.37. The van der Waals surface area contributed by atoms with E-state index in [1.807, 2.05) is 23.1 Å². The SMILES string of the molecule is COC(=O)c1ccc(Oc2ncnc(N3CCN(Cc4ccc5c(c4)OCO5)CC3)c2[N+](=O)[O-])cc1. The summed E-state index contributed by atoms with van der Waals surface area (Å²) in [4.78, 5) is 35.4. The number of ether oxygens (including phenoxy) is 4. The van der Waals surface area contributed by atoms with Crippen LogP contribution in [0, 0.1) is 10.1 Å². The lowest BCUT2D eigenvalue weighted by molar-refractivity contribution is -0.385. The molecule has 0 radical (unpaired) electrons. The van der Waals surface area contributed by atoms with Gasteiger partial charge < -0.3 is 23.8 Å². The van der Waals surface area contributed by atoms with E-state index in [9.17, 15) is 14.9 Å². The number of carbonyl (C=O) groups excluding carboxylic acids is 1. The first-order valence-electron chi connectivity index (χ1n) is 11.2. The minimum atomic E-state index is -0.535. The van der Waals surface area contributed by atoms with Crippen molar-refractivity contribution in [1.29, 1.82) is 0 Å². The first-order valence-corrected chi connectivity index (χ1v) is 11.2. The molecule has 1 fully saturated rings. The summed E-state index contributed by atoms with van der Waals surface area (Å²) in [5, 5.41) is 12.0. The molecule has 5 rings (SSSR count). The molecule has 0 unspecified atom stereocenters. The quantitative estimate of drug-likeness (QED) is 0.273. The van der Waals surface area contributed by atoms with Gasteiger partial charge in [0.15, 0.2) is 11.5 Å². The Balaban J connectivity index is 1.27. The van der Waals surface area contributed by atoms with Gasteiger partial charge in [-0.2, -0.15) is 4.98 Å². The maximum Gasteiger partial charge on any atom is 0.373 e. The molecular weight excluding hydrogens is 470 g/mol. The lowest BCUT2D eigenvalue weighted by atomic mass is 10.1. The molecule has 3 aromatic rings. The molecule has 0 N–H and O–H groups in total. The molecule has 186 valence electrons. The summed E-state index contributed by atoms with van der Waals surface area (Å²) in [6, 6.07) is 12.0. The third kappa shape index (κ3) is 4.84. The highest BCUT2D eigenvalue weighted by atomic mass is 16.7. The van der Waals surface area contributed by atoms with Gasteiger partial charge >= 0.3 is 17.5 Å². The van der Waals surface area contributed by atoms with E-state index in [2.05, 4.69) is 19.6 Å². The van der Waals surface area contributed by atoms with Gasteiger partial charge in [0.1, 0.15) is 12.1 Å². The molecule has 12 nitrogen and oxygen atoms in total. The van der Waals surface area contributed by atoms with E-state index in [-0.39, 0.29) is 24.2 Å². The molecule has 0 spiro atoms. The minimum absolute atomic E-state index is 0.168. The van der Waals surface area contributed by atoms with Gasteiger partial charge in [-0.1, -0.05) is 6.07 Å². The average molecular weight is 493 g/mol. The zero-order valence-corrected chi connectivity index (χ0v) is 19.5. The molecular formula is C24H23N5O7. The highest BCUT2D eigenvalue weighted by Gasteiger charge is 2.31. The van der Waals surface area contributed by atoms with Crippen LogP contribution in [0.4, 0.5) is 11.5 Å². The van der Waals surface area contributed by atoms with Crippen molar-refractivity contribution in [3.8, 4) is 23.1 Å². The van der Waals surface area contributed by atoms with Crippen molar-refractivity contribution < 1.29 is 28.7 Å². The van der Waals surface area contributed by atoms with Gasteiger partial charge in [-0.3, -0.25) is 15.0 Å². The summed E-state index contributed by atoms with van der Waals surface area (Å²) >= 11 is 0. The van der Waals surface area contributed by atoms with Crippen molar-refractivity contribution >= 4 is 17.5 Å². The Morgan fingerprint density at radius 2 is 1.81 bits per heavy atom. The molecule has 0 aliphatic carbocycles. The topological polar surface area (TPSA) is 129 Å². The summed E-state index contributed by atoms with van der Waals surface area (Å²) in [6.45, 7) is 3.46. The average Bonchev–Trinajstić information content (AvgIpc) is 3.37. The van der Waals surface area contributed by atoms with Crippen LogP contribution >= 0.6 is 0 Å². The second kappa shape index (κ2) is 10.0. The number of anilines is 1. The van der Waals surface area contributed by atoms with Crippen LogP contribution < -0.4 is 19.1 Å². The predicted molar refractivity (Wildman–Crippen MR) is 127 cm³/mol. The fourth-order valence-electron chi connectivity index (χ4n) is 4.12. The molecule has 3 heterocycles. The molecule has 0 saturated carbocycles. The maximum atomic E-state index is 12.0. The number of methoxy groups -OCH3 is 1. The van der Waals surface area contributed by atoms with E-state index in [1.54, 1.807) is 0 Å². The van der Waals surface area contributed by atoms with Crippen molar-refractivity contribution in [2.24, 2.45) is 0 Å². The fourth-order valence-corrected chi connectivity index (χ4v) is 4.12. The summed E-state index contributed by atoms with van der Waals surface area (Å²) in [7, 11) is 1.29. The lowest BCUT2D eigenvalue weighted by Gasteiger charge is -2.35. The number of hydrogen-bond acceptors (Lipinski definition) is 11. The number of esters is 1. The molecule has 2 aliphatic heterocycles. The third-order valence-electron chi connectivity index (χ3n) is 5.96. The van der Waals surface area contributed by atoms with Crippen molar-refractivity contribution in [1.82, 2.24) is 14.9 Å². The van der Waals surface area contributed by atoms with Crippen molar-refractivity contribution in [3.05, 3.63) is 70.0 Å². The molecule has 12 heteroatoms. The molecule has 2 aliphatic rings. The zero-order chi connectivity index (χ0) is 25.1. The second-order valence-electron chi connectivity index (χ2n) is 8.18. The van der Waals surface area contributed by atoms with Crippen LogP contribution in [-0.4, -0.2) is 65.8 Å². The number of carbonyl (C=O) groups is 1. The van der Waals surface area contributed by atoms with E-state index in [1.165, 1.54) is 37.7 Å². The molecule has 2 aromatic carbocycles. The van der Waals surface area contributed by atoms with E-state index in [4.69, 9.17) is 14.2 Å². The molecule has 0 amide bonds. The van der Waals surface area contributed by atoms with Crippen LogP contribution in [0.3, 0.4) is 0 Å². The first kappa shape index (κ1) is 23.3. The molecule has 1 aromatic heterocycles. The fraction of sp³-hybridized carbons (Fsp3) is 0.292. The first-order chi connectivity index (χ1) is 17.5. The van der Waals surface area contributed by atoms with Gasteiger partial charge in [-0.25, -0.2) is 9.78 Å². The van der Waals surface area contributed by atoms with Gasteiger partial charge in [-0.15, -0.1) is 0 Å². The van der Waals surface area contributed by atoms with Gasteiger partial charge in [0.25, 0.3) is 0 Å². The monoisotopic (exact) mass is 493 g/mol. The predicted octanol–water partition coefficient (Wildman–Crippen LogP) is 3.01. The Bertz CT molecular complexity index is 1280. The summed E-state index contributed by atoms with van der Waals surface area (Å²) in [6.07, 6.45) is 1.25. The van der Waals surface area contributed by atoms with Crippen LogP contribution in [0.5, 0.6) is 23.1 Å². The van der Waals surface area contributed by atoms with E-state index in [0.717, 1.165) is 23.6 Å². The van der Waals surface area contributed by atoms with Crippen molar-refractivity contribution in [3.63, 3.8) is 0 Å². The Labute approximate surface area is 206 Å². The van der Waals surface area contributed by atoms with Crippen molar-refractivity contribution in [2.75, 3.05) is 45.0 Å². The maximum absolute atomic E-state index is 12.0. The number of aromatic nitrogens is 2. The second-order valence-corrected chi connectivity index (χ2v) is 8.18. The number of hydrogen-bond donors (Lipinski definition) is 0. The van der Waals surface area contributed by atoms with E-state index in [0.29, 0.717) is 37.5 Å². The number of benzene rings is 2.